The van der Waals surface area contributed by atoms with Crippen molar-refractivity contribution in [1.82, 2.24) is 15.0 Å². The van der Waals surface area contributed by atoms with Gasteiger partial charge in [-0.15, -0.1) is 22.7 Å². The lowest BCUT2D eigenvalue weighted by atomic mass is 10.1. The fourth-order valence-electron chi connectivity index (χ4n) is 3.02. The number of carbonyl (C=O) groups excluding carboxylic acids is 1. The van der Waals surface area contributed by atoms with E-state index in [9.17, 15) is 9.59 Å². The number of aromatic nitrogens is 3. The number of carbonyl (C=O) groups is 1. The van der Waals surface area contributed by atoms with Gasteiger partial charge in [0, 0.05) is 17.3 Å². The van der Waals surface area contributed by atoms with Crippen LogP contribution >= 0.6 is 34.4 Å². The molecule has 0 aliphatic rings. The van der Waals surface area contributed by atoms with Crippen molar-refractivity contribution in [3.8, 4) is 0 Å². The third-order valence-electron chi connectivity index (χ3n) is 4.43. The van der Waals surface area contributed by atoms with E-state index in [1.165, 1.54) is 23.1 Å². The zero-order valence-electron chi connectivity index (χ0n) is 16.0. The molecule has 0 radical (unpaired) electrons. The molecule has 0 unspecified atom stereocenters. The number of anilines is 1. The highest BCUT2D eigenvalue weighted by Crippen LogP contribution is 2.29. The number of fused-ring (bicyclic) bond motifs is 1. The molecule has 0 bridgehead atoms. The second kappa shape index (κ2) is 8.10. The van der Waals surface area contributed by atoms with E-state index >= 15 is 0 Å². The number of benzene rings is 1. The van der Waals surface area contributed by atoms with Crippen LogP contribution in [0.1, 0.15) is 32.2 Å². The number of hydrogen-bond acceptors (Lipinski definition) is 7. The maximum atomic E-state index is 12.9. The Kier molecular flexibility index (Phi) is 5.53. The van der Waals surface area contributed by atoms with Crippen molar-refractivity contribution in [1.29, 1.82) is 0 Å². The fraction of sp³-hybridized carbons (Fsp3) is 0.200. The Morgan fingerprint density at radius 3 is 2.83 bits per heavy atom. The first-order valence-corrected chi connectivity index (χ1v) is 11.5. The summed E-state index contributed by atoms with van der Waals surface area (Å²) in [6, 6.07) is 5.87. The number of H-pyrrole nitrogens is 1. The van der Waals surface area contributed by atoms with Gasteiger partial charge in [0.05, 0.1) is 16.0 Å². The highest BCUT2D eigenvalue weighted by Gasteiger charge is 2.20. The number of thioether (sulfide) groups is 1. The molecule has 2 N–H and O–H groups in total. The van der Waals surface area contributed by atoms with Crippen LogP contribution in [0.15, 0.2) is 38.9 Å². The largest absolute Gasteiger partial charge is 0.321 e. The van der Waals surface area contributed by atoms with Crippen LogP contribution < -0.4 is 10.9 Å². The van der Waals surface area contributed by atoms with Gasteiger partial charge in [-0.3, -0.25) is 9.59 Å². The molecular formula is C20H18N4O2S3. The Balaban J connectivity index is 1.63. The predicted molar refractivity (Wildman–Crippen MR) is 121 cm³/mol. The molecule has 29 heavy (non-hydrogen) atoms. The molecule has 3 aromatic heterocycles. The molecule has 0 aliphatic heterocycles. The number of hydrogen-bond donors (Lipinski definition) is 2. The third-order valence-corrected chi connectivity index (χ3v) is 7.59. The average molecular weight is 443 g/mol. The third kappa shape index (κ3) is 4.12. The Hall–Kier alpha value is -2.49. The number of aryl methyl sites for hydroxylation is 3. The second-order valence-corrected chi connectivity index (χ2v) is 9.72. The predicted octanol–water partition coefficient (Wildman–Crippen LogP) is 4.91. The first-order valence-electron chi connectivity index (χ1n) is 8.85. The number of nitrogens with zero attached hydrogens (tertiary/aromatic N) is 2. The van der Waals surface area contributed by atoms with Crippen LogP contribution in [0.25, 0.3) is 10.2 Å². The van der Waals surface area contributed by atoms with Crippen molar-refractivity contribution in [2.45, 2.75) is 30.9 Å². The minimum atomic E-state index is -0.226. The molecule has 3 heterocycles. The SMILES string of the molecule is Cc1ccc(NC(=O)c2sc3nc(CSc4nccs4)[nH]c(=O)c3c2C)c(C)c1. The molecule has 0 saturated heterocycles. The summed E-state index contributed by atoms with van der Waals surface area (Å²) < 4.78 is 0.920. The van der Waals surface area contributed by atoms with Gasteiger partial charge in [0.15, 0.2) is 0 Å². The summed E-state index contributed by atoms with van der Waals surface area (Å²) in [5.41, 5.74) is 3.33. The number of rotatable bonds is 5. The molecular weight excluding hydrogens is 424 g/mol. The van der Waals surface area contributed by atoms with E-state index in [1.807, 2.05) is 37.4 Å². The second-order valence-electron chi connectivity index (χ2n) is 6.61. The van der Waals surface area contributed by atoms with Gasteiger partial charge in [-0.1, -0.05) is 29.5 Å². The lowest BCUT2D eigenvalue weighted by Crippen LogP contribution is -2.13. The van der Waals surface area contributed by atoms with Gasteiger partial charge in [-0.25, -0.2) is 9.97 Å². The van der Waals surface area contributed by atoms with Crippen LogP contribution in [-0.2, 0) is 5.75 Å². The minimum Gasteiger partial charge on any atom is -0.321 e. The lowest BCUT2D eigenvalue weighted by molar-refractivity contribution is 0.103. The molecule has 4 rings (SSSR count). The molecule has 1 amide bonds. The fourth-order valence-corrected chi connectivity index (χ4v) is 5.62. The van der Waals surface area contributed by atoms with E-state index < -0.39 is 0 Å². The van der Waals surface area contributed by atoms with Gasteiger partial charge in [-0.2, -0.15) is 0 Å². The average Bonchev–Trinajstić information content (AvgIpc) is 3.30. The summed E-state index contributed by atoms with van der Waals surface area (Å²) in [7, 11) is 0. The van der Waals surface area contributed by atoms with Crippen LogP contribution in [0.2, 0.25) is 0 Å². The molecule has 148 valence electrons. The molecule has 6 nitrogen and oxygen atoms in total. The minimum absolute atomic E-state index is 0.218. The van der Waals surface area contributed by atoms with Gasteiger partial charge in [-0.05, 0) is 38.0 Å². The number of aromatic amines is 1. The van der Waals surface area contributed by atoms with Crippen molar-refractivity contribution in [3.05, 3.63) is 67.5 Å². The Bertz CT molecular complexity index is 1260. The topological polar surface area (TPSA) is 87.7 Å². The van der Waals surface area contributed by atoms with Gasteiger partial charge in [0.1, 0.15) is 15.0 Å². The van der Waals surface area contributed by atoms with Crippen LogP contribution in [0, 0.1) is 20.8 Å². The molecule has 0 atom stereocenters. The lowest BCUT2D eigenvalue weighted by Gasteiger charge is -2.08. The standard InChI is InChI=1S/C20H18N4O2S3/c1-10-4-5-13(11(2)8-10)22-18(26)16-12(3)15-17(25)23-14(24-19(15)29-16)9-28-20-21-6-7-27-20/h4-8H,9H2,1-3H3,(H,22,26)(H,23,24,25). The highest BCUT2D eigenvalue weighted by molar-refractivity contribution is 8.00. The van der Waals surface area contributed by atoms with Crippen molar-refractivity contribution in [2.24, 2.45) is 0 Å². The number of thiazole rings is 1. The van der Waals surface area contributed by atoms with E-state index in [-0.39, 0.29) is 11.5 Å². The zero-order chi connectivity index (χ0) is 20.5. The highest BCUT2D eigenvalue weighted by atomic mass is 32.2. The van der Waals surface area contributed by atoms with Gasteiger partial charge in [0.25, 0.3) is 11.5 Å². The van der Waals surface area contributed by atoms with Gasteiger partial charge < -0.3 is 10.3 Å². The van der Waals surface area contributed by atoms with Gasteiger partial charge >= 0.3 is 0 Å². The monoisotopic (exact) mass is 442 g/mol. The molecule has 0 spiro atoms. The maximum Gasteiger partial charge on any atom is 0.266 e. The smallest absolute Gasteiger partial charge is 0.266 e. The summed E-state index contributed by atoms with van der Waals surface area (Å²) in [6.45, 7) is 5.76. The molecule has 0 aliphatic carbocycles. The van der Waals surface area contributed by atoms with Crippen LogP contribution in [0.3, 0.4) is 0 Å². The first kappa shape index (κ1) is 19.8. The van der Waals surface area contributed by atoms with E-state index in [0.717, 1.165) is 21.2 Å². The summed E-state index contributed by atoms with van der Waals surface area (Å²) in [4.78, 5) is 38.2. The molecule has 0 saturated carbocycles. The number of nitrogens with one attached hydrogen (secondary N) is 2. The Morgan fingerprint density at radius 2 is 2.10 bits per heavy atom. The number of thiophene rings is 1. The Morgan fingerprint density at radius 1 is 1.28 bits per heavy atom. The van der Waals surface area contributed by atoms with Crippen LogP contribution in [0.5, 0.6) is 0 Å². The van der Waals surface area contributed by atoms with Crippen LogP contribution in [0.4, 0.5) is 5.69 Å². The molecule has 1 aromatic carbocycles. The molecule has 0 fully saturated rings. The quantitative estimate of drug-likeness (QED) is 0.429. The Labute approximate surface area is 179 Å². The maximum absolute atomic E-state index is 12.9. The van der Waals surface area contributed by atoms with Crippen molar-refractivity contribution >= 4 is 56.2 Å². The van der Waals surface area contributed by atoms with Crippen molar-refractivity contribution < 1.29 is 4.79 Å². The van der Waals surface area contributed by atoms with Crippen LogP contribution in [-0.4, -0.2) is 20.9 Å². The summed E-state index contributed by atoms with van der Waals surface area (Å²) in [5, 5.41) is 5.34. The van der Waals surface area contributed by atoms with E-state index in [4.69, 9.17) is 0 Å². The summed E-state index contributed by atoms with van der Waals surface area (Å²) in [6.07, 6.45) is 1.75. The first-order chi connectivity index (χ1) is 13.9. The van der Waals surface area contributed by atoms with Gasteiger partial charge in [0.2, 0.25) is 0 Å². The zero-order valence-corrected chi connectivity index (χ0v) is 18.5. The number of amides is 1. The summed E-state index contributed by atoms with van der Waals surface area (Å²) >= 11 is 4.31. The van der Waals surface area contributed by atoms with E-state index in [1.54, 1.807) is 24.5 Å². The normalized spacial score (nSPS) is 11.1. The molecule has 9 heteroatoms. The van der Waals surface area contributed by atoms with Crippen molar-refractivity contribution in [2.75, 3.05) is 5.32 Å². The van der Waals surface area contributed by atoms with Crippen molar-refractivity contribution in [3.63, 3.8) is 0 Å². The van der Waals surface area contributed by atoms with E-state index in [0.29, 0.717) is 32.2 Å². The molecule has 4 aromatic rings. The van der Waals surface area contributed by atoms with E-state index in [2.05, 4.69) is 20.3 Å². The summed E-state index contributed by atoms with van der Waals surface area (Å²) in [5.74, 6) is 0.862.